The van der Waals surface area contributed by atoms with Gasteiger partial charge >= 0.3 is 6.07 Å². The van der Waals surface area contributed by atoms with Crippen molar-refractivity contribution in [3.8, 4) is 6.07 Å². The molecule has 0 atom stereocenters. The van der Waals surface area contributed by atoms with Gasteiger partial charge in [0.25, 0.3) is 0 Å². The van der Waals surface area contributed by atoms with Gasteiger partial charge < -0.3 is 5.21 Å². The number of hydrogen-bond donors (Lipinski definition) is 0. The summed E-state index contributed by atoms with van der Waals surface area (Å²) in [5.74, 6) is -1.54. The van der Waals surface area contributed by atoms with Crippen LogP contribution >= 0.6 is 0 Å². The zero-order chi connectivity index (χ0) is 8.27. The van der Waals surface area contributed by atoms with E-state index in [2.05, 4.69) is 5.01 Å². The fourth-order valence-corrected chi connectivity index (χ4v) is 0.629. The molecule has 0 saturated carbocycles. The number of nitrogens with zero attached hydrogens (tertiary/aromatic N) is 1. The molecule has 56 valence electrons. The molecule has 0 aliphatic carbocycles. The second-order valence-corrected chi connectivity index (χ2v) is 1.83. The van der Waals surface area contributed by atoms with Gasteiger partial charge in [0, 0.05) is 11.1 Å². The molecule has 11 heavy (non-hydrogen) atoms. The summed E-state index contributed by atoms with van der Waals surface area (Å²) < 4.78 is 24.7. The lowest BCUT2D eigenvalue weighted by Gasteiger charge is -1.88. The Morgan fingerprint density at radius 3 is 2.64 bits per heavy atom. The molecule has 4 heteroatoms. The fourth-order valence-electron chi connectivity index (χ4n) is 0.629. The molecule has 0 radical (unpaired) electrons. The summed E-state index contributed by atoms with van der Waals surface area (Å²) in [5, 5.41) is 11.8. The fraction of sp³-hybridized carbons (Fsp3) is 0. The van der Waals surface area contributed by atoms with Crippen molar-refractivity contribution >= 4 is 0 Å². The van der Waals surface area contributed by atoms with Crippen LogP contribution in [0.5, 0.6) is 0 Å². The van der Waals surface area contributed by atoms with Gasteiger partial charge in [-0.15, -0.1) is 0 Å². The lowest BCUT2D eigenvalue weighted by Crippen LogP contribution is -1.83. The van der Waals surface area contributed by atoms with E-state index in [0.29, 0.717) is 6.07 Å². The topological polar surface area (TPSA) is 27.4 Å². The van der Waals surface area contributed by atoms with E-state index in [4.69, 9.17) is 0 Å². The molecule has 0 bridgehead atoms. The molecule has 0 amide bonds. The van der Waals surface area contributed by atoms with Crippen LogP contribution in [0.25, 0.3) is 5.01 Å². The zero-order valence-electron chi connectivity index (χ0n) is 5.34. The van der Waals surface area contributed by atoms with Crippen LogP contribution in [-0.4, -0.2) is 0 Å². The van der Waals surface area contributed by atoms with Crippen LogP contribution in [0.1, 0.15) is 5.56 Å². The lowest BCUT2D eigenvalue weighted by molar-refractivity contribution is 0.581. The summed E-state index contributed by atoms with van der Waals surface area (Å²) in [5.41, 5.74) is -0.138. The highest BCUT2D eigenvalue weighted by Crippen LogP contribution is 2.07. The third kappa shape index (κ3) is 1.64. The Bertz CT molecular complexity index is 327. The average molecular weight is 155 g/mol. The Kier molecular flexibility index (Phi) is 2.02. The van der Waals surface area contributed by atoms with Gasteiger partial charge in [-0.25, -0.2) is 8.78 Å². The van der Waals surface area contributed by atoms with E-state index in [0.717, 1.165) is 12.1 Å². The van der Waals surface area contributed by atoms with Crippen LogP contribution in [0.3, 0.4) is 0 Å². The Balaban J connectivity index is 3.16. The minimum Gasteiger partial charge on any atom is -0.498 e. The quantitative estimate of drug-likeness (QED) is 0.527. The van der Waals surface area contributed by atoms with Crippen molar-refractivity contribution in [2.75, 3.05) is 0 Å². The van der Waals surface area contributed by atoms with Crippen molar-refractivity contribution in [3.63, 3.8) is 0 Å². The third-order valence-corrected chi connectivity index (χ3v) is 1.10. The molecule has 0 unspecified atom stereocenters. The van der Waals surface area contributed by atoms with E-state index in [1.54, 1.807) is 0 Å². The maximum Gasteiger partial charge on any atom is 0.339 e. The van der Waals surface area contributed by atoms with Gasteiger partial charge in [0.05, 0.1) is 0 Å². The summed E-state index contributed by atoms with van der Waals surface area (Å²) in [4.78, 5) is 0. The minimum atomic E-state index is -0.843. The Morgan fingerprint density at radius 2 is 2.09 bits per heavy atom. The molecule has 2 nitrogen and oxygen atoms in total. The van der Waals surface area contributed by atoms with E-state index in [9.17, 15) is 14.0 Å². The summed E-state index contributed by atoms with van der Waals surface area (Å²) in [6, 6.07) is 4.60. The number of hydrogen-bond acceptors (Lipinski definition) is 1. The SMILES string of the molecule is [O-][N+]#Cc1ccc(F)cc1F. The van der Waals surface area contributed by atoms with Gasteiger partial charge in [-0.1, -0.05) is 0 Å². The van der Waals surface area contributed by atoms with E-state index in [1.807, 2.05) is 6.07 Å². The lowest BCUT2D eigenvalue weighted by atomic mass is 10.2. The Hall–Kier alpha value is -1.63. The van der Waals surface area contributed by atoms with Crippen molar-refractivity contribution in [3.05, 3.63) is 45.6 Å². The second-order valence-electron chi connectivity index (χ2n) is 1.83. The average Bonchev–Trinajstić information content (AvgIpc) is 1.95. The van der Waals surface area contributed by atoms with E-state index in [1.165, 1.54) is 0 Å². The van der Waals surface area contributed by atoms with Crippen molar-refractivity contribution in [2.24, 2.45) is 0 Å². The minimum absolute atomic E-state index is 0.138. The molecule has 1 aromatic rings. The third-order valence-electron chi connectivity index (χ3n) is 1.10. The molecule has 0 spiro atoms. The second kappa shape index (κ2) is 2.97. The molecular weight excluding hydrogens is 152 g/mol. The molecule has 0 heterocycles. The maximum absolute atomic E-state index is 12.5. The molecular formula is C7H3F2NO. The summed E-state index contributed by atoms with van der Waals surface area (Å²) in [7, 11) is 0. The first-order valence-electron chi connectivity index (χ1n) is 2.77. The number of benzene rings is 1. The highest BCUT2D eigenvalue weighted by atomic mass is 19.1. The molecule has 0 fully saturated rings. The van der Waals surface area contributed by atoms with Gasteiger partial charge in [-0.05, 0) is 12.1 Å². The van der Waals surface area contributed by atoms with Crippen LogP contribution in [0, 0.1) is 22.9 Å². The van der Waals surface area contributed by atoms with Gasteiger partial charge in [0.1, 0.15) is 17.2 Å². The molecule has 0 saturated heterocycles. The van der Waals surface area contributed by atoms with Gasteiger partial charge in [0.15, 0.2) is 0 Å². The first kappa shape index (κ1) is 7.48. The van der Waals surface area contributed by atoms with Crippen LogP contribution in [-0.2, 0) is 0 Å². The first-order chi connectivity index (χ1) is 5.24. The normalized spacial score (nSPS) is 8.55. The predicted octanol–water partition coefficient (Wildman–Crippen LogP) is 2.14. The highest BCUT2D eigenvalue weighted by molar-refractivity contribution is 5.33. The smallest absolute Gasteiger partial charge is 0.339 e. The molecule has 0 aromatic heterocycles. The zero-order valence-corrected chi connectivity index (χ0v) is 5.34. The highest BCUT2D eigenvalue weighted by Gasteiger charge is 2.04. The molecule has 1 rings (SSSR count). The molecule has 1 aromatic carbocycles. The maximum atomic E-state index is 12.5. The molecule has 0 aliphatic rings. The van der Waals surface area contributed by atoms with Crippen LogP contribution in [0.15, 0.2) is 18.2 Å². The van der Waals surface area contributed by atoms with Gasteiger partial charge in [-0.2, -0.15) is 0 Å². The van der Waals surface area contributed by atoms with Crippen molar-refractivity contribution in [1.29, 1.82) is 0 Å². The molecule has 0 N–H and O–H groups in total. The van der Waals surface area contributed by atoms with Crippen molar-refractivity contribution in [1.82, 2.24) is 0 Å². The standard InChI is InChI=1S/C7H3F2NO/c8-6-2-1-5(4-10-11)7(9)3-6/h1-3H. The van der Waals surface area contributed by atoms with Crippen LogP contribution in [0.2, 0.25) is 0 Å². The summed E-state index contributed by atoms with van der Waals surface area (Å²) in [6.45, 7) is 0. The van der Waals surface area contributed by atoms with Crippen LogP contribution in [0.4, 0.5) is 8.78 Å². The summed E-state index contributed by atoms with van der Waals surface area (Å²) in [6.07, 6.45) is 0. The van der Waals surface area contributed by atoms with Gasteiger partial charge in [0.2, 0.25) is 0 Å². The summed E-state index contributed by atoms with van der Waals surface area (Å²) >= 11 is 0. The number of halogens is 2. The van der Waals surface area contributed by atoms with E-state index < -0.39 is 11.6 Å². The largest absolute Gasteiger partial charge is 0.498 e. The first-order valence-corrected chi connectivity index (χ1v) is 2.77. The number of rotatable bonds is 0. The van der Waals surface area contributed by atoms with E-state index in [-0.39, 0.29) is 5.56 Å². The predicted molar refractivity (Wildman–Crippen MR) is 36.1 cm³/mol. The Morgan fingerprint density at radius 1 is 1.36 bits per heavy atom. The monoisotopic (exact) mass is 155 g/mol. The molecule has 0 aliphatic heterocycles. The van der Waals surface area contributed by atoms with Crippen molar-refractivity contribution < 1.29 is 8.78 Å². The van der Waals surface area contributed by atoms with E-state index >= 15 is 0 Å². The van der Waals surface area contributed by atoms with Crippen molar-refractivity contribution in [2.45, 2.75) is 0 Å². The van der Waals surface area contributed by atoms with Gasteiger partial charge in [-0.3, -0.25) is 0 Å². The van der Waals surface area contributed by atoms with Crippen LogP contribution < -0.4 is 0 Å². The Labute approximate surface area is 61.5 Å².